The van der Waals surface area contributed by atoms with E-state index in [4.69, 9.17) is 16.6 Å². The number of hydrogen-bond acceptors (Lipinski definition) is 6. The zero-order chi connectivity index (χ0) is 25.7. The van der Waals surface area contributed by atoms with Gasteiger partial charge in [-0.2, -0.15) is 0 Å². The summed E-state index contributed by atoms with van der Waals surface area (Å²) < 4.78 is 0. The lowest BCUT2D eigenvalue weighted by Gasteiger charge is -2.26. The average Bonchev–Trinajstić information content (AvgIpc) is 2.82. The Kier molecular flexibility index (Phi) is 12.8. The van der Waals surface area contributed by atoms with Crippen LogP contribution in [0, 0.1) is 5.92 Å². The first-order valence-electron chi connectivity index (χ1n) is 11.7. The van der Waals surface area contributed by atoms with Crippen LogP contribution in [0.5, 0.6) is 0 Å². The van der Waals surface area contributed by atoms with E-state index >= 15 is 0 Å². The second kappa shape index (κ2) is 15.0. The summed E-state index contributed by atoms with van der Waals surface area (Å²) in [6.07, 6.45) is 2.39. The number of nitrogens with two attached hydrogens (primary N) is 2. The van der Waals surface area contributed by atoms with Gasteiger partial charge in [-0.05, 0) is 44.2 Å². The van der Waals surface area contributed by atoms with E-state index < -0.39 is 47.9 Å². The molecule has 0 spiro atoms. The number of rotatable bonds is 15. The Morgan fingerprint density at radius 3 is 2.06 bits per heavy atom. The highest BCUT2D eigenvalue weighted by molar-refractivity contribution is 5.94. The number of benzene rings is 1. The van der Waals surface area contributed by atoms with Crippen molar-refractivity contribution in [2.24, 2.45) is 17.4 Å². The summed E-state index contributed by atoms with van der Waals surface area (Å²) in [5.74, 6) is -2.87. The third-order valence-corrected chi connectivity index (χ3v) is 5.78. The van der Waals surface area contributed by atoms with E-state index in [-0.39, 0.29) is 18.8 Å². The Labute approximate surface area is 201 Å². The first-order valence-corrected chi connectivity index (χ1v) is 11.7. The van der Waals surface area contributed by atoms with Crippen molar-refractivity contribution in [1.29, 1.82) is 0 Å². The quantitative estimate of drug-likeness (QED) is 0.197. The topological polar surface area (TPSA) is 177 Å². The number of unbranched alkanes of at least 4 members (excludes halogenated alkanes) is 1. The minimum absolute atomic E-state index is 0.0762. The van der Waals surface area contributed by atoms with Gasteiger partial charge in [-0.25, -0.2) is 0 Å². The number of carboxylic acid groups (broad SMARTS) is 1. The van der Waals surface area contributed by atoms with Gasteiger partial charge in [0.05, 0.1) is 6.04 Å². The zero-order valence-corrected chi connectivity index (χ0v) is 20.3. The summed E-state index contributed by atoms with van der Waals surface area (Å²) in [5, 5.41) is 16.9. The van der Waals surface area contributed by atoms with E-state index in [1.165, 1.54) is 6.92 Å². The molecule has 0 radical (unpaired) electrons. The molecule has 1 rings (SSSR count). The first kappa shape index (κ1) is 29.1. The van der Waals surface area contributed by atoms with Crippen LogP contribution < -0.4 is 27.4 Å². The predicted octanol–water partition coefficient (Wildman–Crippen LogP) is 0.290. The molecule has 0 aliphatic rings. The van der Waals surface area contributed by atoms with Crippen LogP contribution in [-0.2, 0) is 25.6 Å². The fraction of sp³-hybridized carbons (Fsp3) is 0.583. The van der Waals surface area contributed by atoms with E-state index in [0.29, 0.717) is 25.8 Å². The summed E-state index contributed by atoms with van der Waals surface area (Å²) >= 11 is 0. The fourth-order valence-corrected chi connectivity index (χ4v) is 3.25. The van der Waals surface area contributed by atoms with Crippen LogP contribution in [0.15, 0.2) is 30.3 Å². The zero-order valence-electron chi connectivity index (χ0n) is 20.3. The van der Waals surface area contributed by atoms with Crippen LogP contribution in [0.4, 0.5) is 0 Å². The molecule has 190 valence electrons. The molecule has 8 N–H and O–H groups in total. The van der Waals surface area contributed by atoms with E-state index in [2.05, 4.69) is 16.0 Å². The highest BCUT2D eigenvalue weighted by Gasteiger charge is 2.30. The number of aliphatic carboxylic acids is 1. The van der Waals surface area contributed by atoms with Crippen LogP contribution >= 0.6 is 0 Å². The largest absolute Gasteiger partial charge is 0.480 e. The van der Waals surface area contributed by atoms with Crippen molar-refractivity contribution in [1.82, 2.24) is 16.0 Å². The maximum atomic E-state index is 13.2. The number of carbonyl (C=O) groups excluding carboxylic acids is 3. The van der Waals surface area contributed by atoms with Gasteiger partial charge in [-0.15, -0.1) is 0 Å². The summed E-state index contributed by atoms with van der Waals surface area (Å²) in [7, 11) is 0. The lowest BCUT2D eigenvalue weighted by Crippen LogP contribution is -2.58. The van der Waals surface area contributed by atoms with Crippen LogP contribution in [-0.4, -0.2) is 59.5 Å². The molecule has 0 bridgehead atoms. The van der Waals surface area contributed by atoms with E-state index in [1.807, 2.05) is 44.2 Å². The minimum atomic E-state index is -1.19. The van der Waals surface area contributed by atoms with Crippen molar-refractivity contribution in [3.05, 3.63) is 35.9 Å². The molecular weight excluding hydrogens is 438 g/mol. The van der Waals surface area contributed by atoms with Gasteiger partial charge in [0, 0.05) is 6.42 Å². The molecule has 0 saturated carbocycles. The van der Waals surface area contributed by atoms with E-state index in [0.717, 1.165) is 5.56 Å². The predicted molar refractivity (Wildman–Crippen MR) is 130 cm³/mol. The maximum absolute atomic E-state index is 13.2. The molecule has 1 aromatic rings. The van der Waals surface area contributed by atoms with Crippen LogP contribution in [0.25, 0.3) is 0 Å². The summed E-state index contributed by atoms with van der Waals surface area (Å²) in [6, 6.07) is 5.33. The third-order valence-electron chi connectivity index (χ3n) is 5.78. The summed E-state index contributed by atoms with van der Waals surface area (Å²) in [5.41, 5.74) is 12.4. The second-order valence-electron chi connectivity index (χ2n) is 8.58. The second-order valence-corrected chi connectivity index (χ2v) is 8.58. The van der Waals surface area contributed by atoms with Crippen molar-refractivity contribution >= 4 is 23.7 Å². The summed E-state index contributed by atoms with van der Waals surface area (Å²) in [4.78, 5) is 49.8. The molecule has 0 heterocycles. The van der Waals surface area contributed by atoms with Crippen molar-refractivity contribution in [2.45, 2.75) is 77.0 Å². The van der Waals surface area contributed by atoms with Crippen molar-refractivity contribution in [2.75, 3.05) is 6.54 Å². The van der Waals surface area contributed by atoms with Gasteiger partial charge in [0.2, 0.25) is 17.7 Å². The van der Waals surface area contributed by atoms with Gasteiger partial charge in [0.1, 0.15) is 18.1 Å². The Hall–Kier alpha value is -2.98. The molecule has 0 aromatic heterocycles. The molecule has 0 aliphatic heterocycles. The van der Waals surface area contributed by atoms with E-state index in [1.54, 1.807) is 0 Å². The van der Waals surface area contributed by atoms with Crippen LogP contribution in [0.2, 0.25) is 0 Å². The lowest BCUT2D eigenvalue weighted by molar-refractivity contribution is -0.141. The Morgan fingerprint density at radius 2 is 1.50 bits per heavy atom. The Morgan fingerprint density at radius 1 is 0.912 bits per heavy atom. The van der Waals surface area contributed by atoms with Gasteiger partial charge >= 0.3 is 5.97 Å². The number of carbonyl (C=O) groups is 4. The van der Waals surface area contributed by atoms with E-state index in [9.17, 15) is 19.2 Å². The normalized spacial score (nSPS) is 15.3. The maximum Gasteiger partial charge on any atom is 0.325 e. The van der Waals surface area contributed by atoms with Gasteiger partial charge < -0.3 is 32.5 Å². The van der Waals surface area contributed by atoms with Gasteiger partial charge in [-0.1, -0.05) is 50.6 Å². The number of amides is 3. The molecule has 5 atom stereocenters. The molecule has 3 amide bonds. The molecule has 34 heavy (non-hydrogen) atoms. The summed E-state index contributed by atoms with van der Waals surface area (Å²) in [6.45, 7) is 5.55. The fourth-order valence-electron chi connectivity index (χ4n) is 3.25. The molecule has 1 aromatic carbocycles. The van der Waals surface area contributed by atoms with Crippen molar-refractivity contribution < 1.29 is 24.3 Å². The molecule has 10 heteroatoms. The Balaban J connectivity index is 3.05. The van der Waals surface area contributed by atoms with Crippen molar-refractivity contribution in [3.8, 4) is 0 Å². The SMILES string of the molecule is CCC(C)C(N)C(=O)NC(Cc1ccccc1)C(=O)NC(CCCCN)C(=O)NC(C)C(=O)O. The third kappa shape index (κ3) is 9.88. The Bertz CT molecular complexity index is 804. The molecule has 0 aliphatic carbocycles. The molecule has 0 saturated heterocycles. The van der Waals surface area contributed by atoms with Gasteiger partial charge in [-0.3, -0.25) is 19.2 Å². The number of hydrogen-bond donors (Lipinski definition) is 6. The molecule has 5 unspecified atom stereocenters. The first-order chi connectivity index (χ1) is 16.1. The molecule has 0 fully saturated rings. The average molecular weight is 478 g/mol. The molecular formula is C24H39N5O5. The standard InChI is InChI=1S/C24H39N5O5/c1-4-15(2)20(26)23(32)29-19(14-17-10-6-5-7-11-17)22(31)28-18(12-8-9-13-25)21(30)27-16(3)24(33)34/h5-7,10-11,15-16,18-20H,4,8-9,12-14,25-26H2,1-3H3,(H,27,30)(H,28,31)(H,29,32)(H,33,34). The van der Waals surface area contributed by atoms with Crippen LogP contribution in [0.3, 0.4) is 0 Å². The highest BCUT2D eigenvalue weighted by atomic mass is 16.4. The monoisotopic (exact) mass is 477 g/mol. The number of carboxylic acids is 1. The molecule has 10 nitrogen and oxygen atoms in total. The van der Waals surface area contributed by atoms with Gasteiger partial charge in [0.25, 0.3) is 0 Å². The number of nitrogens with one attached hydrogen (secondary N) is 3. The minimum Gasteiger partial charge on any atom is -0.480 e. The van der Waals surface area contributed by atoms with Crippen LogP contribution in [0.1, 0.15) is 52.0 Å². The van der Waals surface area contributed by atoms with Crippen molar-refractivity contribution in [3.63, 3.8) is 0 Å². The smallest absolute Gasteiger partial charge is 0.325 e. The highest BCUT2D eigenvalue weighted by Crippen LogP contribution is 2.09. The van der Waals surface area contributed by atoms with Gasteiger partial charge in [0.15, 0.2) is 0 Å². The lowest BCUT2D eigenvalue weighted by atomic mass is 9.98.